The first-order valence-electron chi connectivity index (χ1n) is 10.3. The molecule has 4 rings (SSSR count). The van der Waals surface area contributed by atoms with Gasteiger partial charge in [-0.2, -0.15) is 13.2 Å². The molecule has 0 radical (unpaired) electrons. The average Bonchev–Trinajstić information content (AvgIpc) is 3.00. The van der Waals surface area contributed by atoms with Crippen molar-refractivity contribution in [3.05, 3.63) is 71.8 Å². The number of alkyl halides is 3. The standard InChI is InChI=1S/C23H24F3N3O2/c24-23(25,26)19-12-7-13-28(15-19)16-29-20(30)22(27-21(29)31,18-10-5-2-6-11-18)14-17-8-3-1-4-9-17/h1-6,8-11,19H,7,12-16H2,(H,27,31)/t19-,22+/m0/s1. The zero-order chi connectivity index (χ0) is 22.1. The van der Waals surface area contributed by atoms with Crippen LogP contribution in [0.5, 0.6) is 0 Å². The molecule has 2 saturated heterocycles. The third-order valence-electron chi connectivity index (χ3n) is 6.06. The monoisotopic (exact) mass is 431 g/mol. The van der Waals surface area contributed by atoms with Crippen LogP contribution in [0.15, 0.2) is 60.7 Å². The number of hydrogen-bond donors (Lipinski definition) is 1. The Balaban J connectivity index is 1.60. The van der Waals surface area contributed by atoms with Crippen LogP contribution in [0, 0.1) is 5.92 Å². The topological polar surface area (TPSA) is 52.7 Å². The van der Waals surface area contributed by atoms with Crippen LogP contribution in [0.1, 0.15) is 24.0 Å². The highest BCUT2D eigenvalue weighted by molar-refractivity contribution is 6.07. The zero-order valence-electron chi connectivity index (χ0n) is 16.9. The minimum Gasteiger partial charge on any atom is -0.319 e. The van der Waals surface area contributed by atoms with E-state index in [0.29, 0.717) is 18.5 Å². The number of halogens is 3. The number of piperidine rings is 1. The second-order valence-corrected chi connectivity index (χ2v) is 8.20. The molecule has 0 aromatic heterocycles. The van der Waals surface area contributed by atoms with Crippen molar-refractivity contribution in [3.63, 3.8) is 0 Å². The molecular formula is C23H24F3N3O2. The predicted molar refractivity (Wildman–Crippen MR) is 109 cm³/mol. The van der Waals surface area contributed by atoms with E-state index in [1.54, 1.807) is 29.2 Å². The number of benzene rings is 2. The van der Waals surface area contributed by atoms with E-state index >= 15 is 0 Å². The molecule has 2 aliphatic rings. The van der Waals surface area contributed by atoms with Gasteiger partial charge in [0.2, 0.25) is 0 Å². The van der Waals surface area contributed by atoms with E-state index < -0.39 is 29.6 Å². The highest BCUT2D eigenvalue weighted by Gasteiger charge is 2.53. The van der Waals surface area contributed by atoms with Gasteiger partial charge in [0, 0.05) is 13.0 Å². The van der Waals surface area contributed by atoms with Crippen molar-refractivity contribution < 1.29 is 22.8 Å². The molecule has 0 unspecified atom stereocenters. The second-order valence-electron chi connectivity index (χ2n) is 8.20. The van der Waals surface area contributed by atoms with Gasteiger partial charge in [-0.15, -0.1) is 0 Å². The fraction of sp³-hybridized carbons (Fsp3) is 0.391. The number of hydrogen-bond acceptors (Lipinski definition) is 3. The van der Waals surface area contributed by atoms with Gasteiger partial charge in [-0.1, -0.05) is 60.7 Å². The summed E-state index contributed by atoms with van der Waals surface area (Å²) >= 11 is 0. The fourth-order valence-electron chi connectivity index (χ4n) is 4.45. The molecule has 31 heavy (non-hydrogen) atoms. The summed E-state index contributed by atoms with van der Waals surface area (Å²) in [5.74, 6) is -1.88. The van der Waals surface area contributed by atoms with Gasteiger partial charge in [0.05, 0.1) is 12.6 Å². The van der Waals surface area contributed by atoms with Crippen molar-refractivity contribution in [2.75, 3.05) is 19.8 Å². The molecule has 2 fully saturated rings. The number of amides is 3. The summed E-state index contributed by atoms with van der Waals surface area (Å²) in [6.07, 6.45) is -3.58. The smallest absolute Gasteiger partial charge is 0.319 e. The maximum absolute atomic E-state index is 13.6. The Bertz CT molecular complexity index is 936. The summed E-state index contributed by atoms with van der Waals surface area (Å²) in [5, 5.41) is 2.85. The van der Waals surface area contributed by atoms with E-state index in [1.165, 1.54) is 0 Å². The summed E-state index contributed by atoms with van der Waals surface area (Å²) in [6, 6.07) is 17.7. The lowest BCUT2D eigenvalue weighted by molar-refractivity contribution is -0.187. The molecule has 0 saturated carbocycles. The van der Waals surface area contributed by atoms with Crippen molar-refractivity contribution in [1.29, 1.82) is 0 Å². The molecule has 3 amide bonds. The number of nitrogens with one attached hydrogen (secondary N) is 1. The highest BCUT2D eigenvalue weighted by atomic mass is 19.4. The molecule has 2 aromatic carbocycles. The molecular weight excluding hydrogens is 407 g/mol. The number of carbonyl (C=O) groups excluding carboxylic acids is 2. The summed E-state index contributed by atoms with van der Waals surface area (Å²) in [4.78, 5) is 29.0. The molecule has 5 nitrogen and oxygen atoms in total. The predicted octanol–water partition coefficient (Wildman–Crippen LogP) is 3.91. The van der Waals surface area contributed by atoms with Crippen LogP contribution in [-0.4, -0.2) is 47.7 Å². The Hall–Kier alpha value is -2.87. The quantitative estimate of drug-likeness (QED) is 0.731. The Kier molecular flexibility index (Phi) is 5.75. The van der Waals surface area contributed by atoms with Gasteiger partial charge in [0.25, 0.3) is 5.91 Å². The molecule has 164 valence electrons. The first kappa shape index (κ1) is 21.4. The molecule has 0 bridgehead atoms. The third-order valence-corrected chi connectivity index (χ3v) is 6.06. The SMILES string of the molecule is O=C1N[C@](Cc2ccccc2)(c2ccccc2)C(=O)N1CN1CCC[C@H](C(F)(F)F)C1. The lowest BCUT2D eigenvalue weighted by Gasteiger charge is -2.35. The fourth-order valence-corrected chi connectivity index (χ4v) is 4.45. The Morgan fingerprint density at radius 1 is 1.00 bits per heavy atom. The number of likely N-dealkylation sites (tertiary alicyclic amines) is 1. The first-order valence-corrected chi connectivity index (χ1v) is 10.3. The number of rotatable bonds is 5. The lowest BCUT2D eigenvalue weighted by atomic mass is 9.83. The molecule has 2 atom stereocenters. The van der Waals surface area contributed by atoms with Gasteiger partial charge in [-0.25, -0.2) is 9.69 Å². The zero-order valence-corrected chi connectivity index (χ0v) is 16.9. The van der Waals surface area contributed by atoms with Crippen molar-refractivity contribution in [2.45, 2.75) is 31.0 Å². The molecule has 1 N–H and O–H groups in total. The molecule has 2 aliphatic heterocycles. The van der Waals surface area contributed by atoms with Crippen LogP contribution >= 0.6 is 0 Å². The summed E-state index contributed by atoms with van der Waals surface area (Å²) in [6.45, 7) is 0.0544. The summed E-state index contributed by atoms with van der Waals surface area (Å²) in [7, 11) is 0. The number of urea groups is 1. The first-order chi connectivity index (χ1) is 14.8. The van der Waals surface area contributed by atoms with E-state index in [4.69, 9.17) is 0 Å². The summed E-state index contributed by atoms with van der Waals surface area (Å²) in [5.41, 5.74) is 0.224. The third kappa shape index (κ3) is 4.30. The van der Waals surface area contributed by atoms with Crippen LogP contribution in [0.2, 0.25) is 0 Å². The normalized spacial score (nSPS) is 25.0. The molecule has 0 spiro atoms. The maximum Gasteiger partial charge on any atom is 0.393 e. The minimum atomic E-state index is -4.28. The Labute approximate surface area is 178 Å². The van der Waals surface area contributed by atoms with Crippen molar-refractivity contribution >= 4 is 11.9 Å². The Morgan fingerprint density at radius 2 is 1.65 bits per heavy atom. The van der Waals surface area contributed by atoms with Crippen molar-refractivity contribution in [1.82, 2.24) is 15.1 Å². The van der Waals surface area contributed by atoms with E-state index in [0.717, 1.165) is 10.5 Å². The minimum absolute atomic E-state index is 0.0715. The molecule has 2 heterocycles. The lowest BCUT2D eigenvalue weighted by Crippen LogP contribution is -2.49. The van der Waals surface area contributed by atoms with E-state index in [2.05, 4.69) is 5.32 Å². The van der Waals surface area contributed by atoms with Crippen LogP contribution < -0.4 is 5.32 Å². The molecule has 0 aliphatic carbocycles. The van der Waals surface area contributed by atoms with Gasteiger partial charge >= 0.3 is 12.2 Å². The maximum atomic E-state index is 13.6. The number of carbonyl (C=O) groups is 2. The van der Waals surface area contributed by atoms with E-state index in [-0.39, 0.29) is 26.1 Å². The van der Waals surface area contributed by atoms with E-state index in [1.807, 2.05) is 36.4 Å². The van der Waals surface area contributed by atoms with Gasteiger partial charge in [-0.05, 0) is 30.5 Å². The van der Waals surface area contributed by atoms with Crippen molar-refractivity contribution in [2.24, 2.45) is 5.92 Å². The van der Waals surface area contributed by atoms with Gasteiger partial charge in [0.1, 0.15) is 0 Å². The number of imide groups is 1. The number of nitrogens with zero attached hydrogens (tertiary/aromatic N) is 2. The average molecular weight is 431 g/mol. The van der Waals surface area contributed by atoms with Crippen LogP contribution in [-0.2, 0) is 16.8 Å². The van der Waals surface area contributed by atoms with Crippen LogP contribution in [0.25, 0.3) is 0 Å². The van der Waals surface area contributed by atoms with Gasteiger partial charge < -0.3 is 5.32 Å². The molecule has 2 aromatic rings. The van der Waals surface area contributed by atoms with Crippen LogP contribution in [0.3, 0.4) is 0 Å². The molecule has 8 heteroatoms. The van der Waals surface area contributed by atoms with Crippen molar-refractivity contribution in [3.8, 4) is 0 Å². The van der Waals surface area contributed by atoms with Gasteiger partial charge in [0.15, 0.2) is 5.54 Å². The largest absolute Gasteiger partial charge is 0.393 e. The highest BCUT2D eigenvalue weighted by Crippen LogP contribution is 2.35. The van der Waals surface area contributed by atoms with E-state index in [9.17, 15) is 22.8 Å². The summed E-state index contributed by atoms with van der Waals surface area (Å²) < 4.78 is 39.5. The second kappa shape index (κ2) is 8.34. The Morgan fingerprint density at radius 3 is 2.29 bits per heavy atom. The van der Waals surface area contributed by atoms with Crippen LogP contribution in [0.4, 0.5) is 18.0 Å². The van der Waals surface area contributed by atoms with Gasteiger partial charge in [-0.3, -0.25) is 9.69 Å².